The third kappa shape index (κ3) is 3.90. The number of nitrogens with two attached hydrogens (primary N) is 1. The van der Waals surface area contributed by atoms with Crippen molar-refractivity contribution in [3.8, 4) is 5.75 Å². The number of carbonyl (C=O) groups excluding carboxylic acids is 1. The first-order valence-corrected chi connectivity index (χ1v) is 4.84. The molecule has 0 aliphatic heterocycles. The van der Waals surface area contributed by atoms with Crippen molar-refractivity contribution in [3.05, 3.63) is 29.3 Å². The molecule has 0 saturated heterocycles. The summed E-state index contributed by atoms with van der Waals surface area (Å²) in [6, 6.07) is 3.28. The van der Waals surface area contributed by atoms with Crippen LogP contribution >= 0.6 is 12.4 Å². The predicted octanol–water partition coefficient (Wildman–Crippen LogP) is 1.08. The van der Waals surface area contributed by atoms with Crippen LogP contribution in [-0.2, 0) is 9.53 Å². The molecule has 0 aromatic heterocycles. The number of benzene rings is 1. The Balaban J connectivity index is 0.00000289. The fraction of sp³-hybridized carbons (Fsp3) is 0.273. The maximum Gasteiger partial charge on any atom is 0.339 e. The van der Waals surface area contributed by atoms with Gasteiger partial charge in [-0.1, -0.05) is 6.07 Å². The van der Waals surface area contributed by atoms with Crippen LogP contribution in [0.3, 0.4) is 0 Å². The van der Waals surface area contributed by atoms with Gasteiger partial charge in [0.05, 0.1) is 13.5 Å². The minimum atomic E-state index is -1.25. The second-order valence-corrected chi connectivity index (χ2v) is 3.47. The molecule has 0 amide bonds. The van der Waals surface area contributed by atoms with Crippen molar-refractivity contribution in [1.82, 2.24) is 0 Å². The molecule has 100 valence electrons. The van der Waals surface area contributed by atoms with Crippen LogP contribution < -0.4 is 5.73 Å². The first kappa shape index (κ1) is 16.2. The number of esters is 1. The average Bonchev–Trinajstić information content (AvgIpc) is 2.28. The van der Waals surface area contributed by atoms with Crippen LogP contribution in [0.25, 0.3) is 0 Å². The quantitative estimate of drug-likeness (QED) is 0.709. The number of ether oxygens (including phenoxy) is 1. The molecule has 0 unspecified atom stereocenters. The lowest BCUT2D eigenvalue weighted by Gasteiger charge is -2.11. The molecule has 4 N–H and O–H groups in total. The summed E-state index contributed by atoms with van der Waals surface area (Å²) in [7, 11) is 1.24. The molecule has 0 saturated carbocycles. The maximum absolute atomic E-state index is 11.0. The lowest BCUT2D eigenvalue weighted by atomic mass is 10.0. The fourth-order valence-corrected chi connectivity index (χ4v) is 1.34. The van der Waals surface area contributed by atoms with Crippen LogP contribution in [0.1, 0.15) is 28.4 Å². The molecule has 1 aromatic rings. The van der Waals surface area contributed by atoms with Crippen LogP contribution in [0.2, 0.25) is 0 Å². The Bertz CT molecular complexity index is 449. The number of carbonyl (C=O) groups is 2. The highest BCUT2D eigenvalue weighted by atomic mass is 35.5. The molecule has 0 radical (unpaired) electrons. The van der Waals surface area contributed by atoms with Crippen molar-refractivity contribution in [1.29, 1.82) is 0 Å². The highest BCUT2D eigenvalue weighted by Gasteiger charge is 2.16. The van der Waals surface area contributed by atoms with Gasteiger partial charge in [-0.25, -0.2) is 4.79 Å². The highest BCUT2D eigenvalue weighted by molar-refractivity contribution is 5.91. The van der Waals surface area contributed by atoms with Crippen LogP contribution in [0, 0.1) is 0 Å². The summed E-state index contributed by atoms with van der Waals surface area (Å²) in [4.78, 5) is 21.8. The van der Waals surface area contributed by atoms with E-state index in [0.29, 0.717) is 5.56 Å². The van der Waals surface area contributed by atoms with Gasteiger partial charge in [0, 0.05) is 6.04 Å². The summed E-state index contributed by atoms with van der Waals surface area (Å²) in [6.45, 7) is 0. The SMILES string of the molecule is COC(=O)C[C@H](N)c1ccc(O)c(C(=O)O)c1.Cl. The molecule has 0 fully saturated rings. The van der Waals surface area contributed by atoms with Gasteiger partial charge in [0.15, 0.2) is 0 Å². The summed E-state index contributed by atoms with van der Waals surface area (Å²) in [6.07, 6.45) is -0.0552. The first-order valence-electron chi connectivity index (χ1n) is 4.84. The first-order chi connectivity index (χ1) is 7.95. The summed E-state index contributed by atoms with van der Waals surface area (Å²) < 4.78 is 4.46. The van der Waals surface area contributed by atoms with E-state index in [4.69, 9.17) is 10.8 Å². The Hall–Kier alpha value is -1.79. The third-order valence-corrected chi connectivity index (χ3v) is 2.29. The lowest BCUT2D eigenvalue weighted by molar-refractivity contribution is -0.141. The number of rotatable bonds is 4. The van der Waals surface area contributed by atoms with Crippen LogP contribution in [0.5, 0.6) is 5.75 Å². The summed E-state index contributed by atoms with van der Waals surface area (Å²) >= 11 is 0. The number of aromatic carboxylic acids is 1. The minimum absolute atomic E-state index is 0. The number of hydrogen-bond donors (Lipinski definition) is 3. The Morgan fingerprint density at radius 2 is 2.06 bits per heavy atom. The maximum atomic E-state index is 11.0. The Morgan fingerprint density at radius 3 is 2.56 bits per heavy atom. The number of hydrogen-bond acceptors (Lipinski definition) is 5. The summed E-state index contributed by atoms with van der Waals surface area (Å²) in [5.74, 6) is -2.08. The molecule has 7 heteroatoms. The van der Waals surface area contributed by atoms with E-state index in [2.05, 4.69) is 4.74 Å². The van der Waals surface area contributed by atoms with Gasteiger partial charge >= 0.3 is 11.9 Å². The molecule has 0 aliphatic rings. The zero-order valence-corrected chi connectivity index (χ0v) is 10.4. The normalized spacial score (nSPS) is 11.2. The second kappa shape index (κ2) is 6.83. The van der Waals surface area contributed by atoms with E-state index in [1.807, 2.05) is 0 Å². The average molecular weight is 276 g/mol. The standard InChI is InChI=1S/C11H13NO5.ClH/c1-17-10(14)5-8(12)6-2-3-9(13)7(4-6)11(15)16;/h2-4,8,13H,5,12H2,1H3,(H,15,16);1H/t8-;/m0./s1. The molecular weight excluding hydrogens is 262 g/mol. The molecule has 0 bridgehead atoms. The number of methoxy groups -OCH3 is 1. The second-order valence-electron chi connectivity index (χ2n) is 3.47. The van der Waals surface area contributed by atoms with E-state index in [1.54, 1.807) is 0 Å². The van der Waals surface area contributed by atoms with E-state index in [9.17, 15) is 14.7 Å². The van der Waals surface area contributed by atoms with E-state index in [-0.39, 0.29) is 30.1 Å². The van der Waals surface area contributed by atoms with E-state index in [1.165, 1.54) is 25.3 Å². The van der Waals surface area contributed by atoms with Gasteiger partial charge in [-0.15, -0.1) is 12.4 Å². The van der Waals surface area contributed by atoms with Gasteiger partial charge < -0.3 is 20.7 Å². The topological polar surface area (TPSA) is 110 Å². The number of halogens is 1. The van der Waals surface area contributed by atoms with Crippen molar-refractivity contribution in [3.63, 3.8) is 0 Å². The smallest absolute Gasteiger partial charge is 0.339 e. The van der Waals surface area contributed by atoms with E-state index >= 15 is 0 Å². The minimum Gasteiger partial charge on any atom is -0.507 e. The van der Waals surface area contributed by atoms with E-state index in [0.717, 1.165) is 0 Å². The number of aromatic hydroxyl groups is 1. The Kier molecular flexibility index (Phi) is 6.15. The number of carboxylic acid groups (broad SMARTS) is 1. The summed E-state index contributed by atoms with van der Waals surface area (Å²) in [5, 5.41) is 18.1. The van der Waals surface area contributed by atoms with Crippen molar-refractivity contribution in [2.24, 2.45) is 5.73 Å². The highest BCUT2D eigenvalue weighted by Crippen LogP contribution is 2.23. The lowest BCUT2D eigenvalue weighted by Crippen LogP contribution is -2.16. The molecule has 0 aliphatic carbocycles. The third-order valence-electron chi connectivity index (χ3n) is 2.29. The number of phenols is 1. The van der Waals surface area contributed by atoms with Crippen molar-refractivity contribution in [2.45, 2.75) is 12.5 Å². The molecule has 6 nitrogen and oxygen atoms in total. The van der Waals surface area contributed by atoms with Gasteiger partial charge in [0.25, 0.3) is 0 Å². The van der Waals surface area contributed by atoms with E-state index < -0.39 is 18.0 Å². The molecule has 0 spiro atoms. The van der Waals surface area contributed by atoms with Crippen LogP contribution in [-0.4, -0.2) is 29.3 Å². The molecule has 0 heterocycles. The Labute approximate surface area is 110 Å². The monoisotopic (exact) mass is 275 g/mol. The van der Waals surface area contributed by atoms with Crippen LogP contribution in [0.4, 0.5) is 0 Å². The molecular formula is C11H14ClNO5. The zero-order chi connectivity index (χ0) is 13.0. The molecule has 1 rings (SSSR count). The van der Waals surface area contributed by atoms with Crippen LogP contribution in [0.15, 0.2) is 18.2 Å². The van der Waals surface area contributed by atoms with Crippen molar-refractivity contribution in [2.75, 3.05) is 7.11 Å². The molecule has 18 heavy (non-hydrogen) atoms. The predicted molar refractivity (Wildman–Crippen MR) is 65.9 cm³/mol. The molecule has 1 aromatic carbocycles. The molecule has 1 atom stereocenters. The van der Waals surface area contributed by atoms with Gasteiger partial charge in [-0.2, -0.15) is 0 Å². The van der Waals surface area contributed by atoms with Gasteiger partial charge in [0.2, 0.25) is 0 Å². The van der Waals surface area contributed by atoms with Gasteiger partial charge in [-0.05, 0) is 17.7 Å². The zero-order valence-electron chi connectivity index (χ0n) is 9.62. The fourth-order valence-electron chi connectivity index (χ4n) is 1.34. The number of carboxylic acids is 1. The Morgan fingerprint density at radius 1 is 1.44 bits per heavy atom. The van der Waals surface area contributed by atoms with Gasteiger partial charge in [-0.3, -0.25) is 4.79 Å². The summed E-state index contributed by atoms with van der Waals surface area (Å²) in [5.41, 5.74) is 5.92. The van der Waals surface area contributed by atoms with Crippen molar-refractivity contribution >= 4 is 24.3 Å². The largest absolute Gasteiger partial charge is 0.507 e. The van der Waals surface area contributed by atoms with Gasteiger partial charge in [0.1, 0.15) is 11.3 Å². The van der Waals surface area contributed by atoms with Crippen molar-refractivity contribution < 1.29 is 24.5 Å².